The van der Waals surface area contributed by atoms with Gasteiger partial charge in [-0.25, -0.2) is 0 Å². The fourth-order valence-corrected chi connectivity index (χ4v) is 3.61. The van der Waals surface area contributed by atoms with Crippen LogP contribution in [-0.2, 0) is 17.8 Å². The number of nitrogens with one attached hydrogen (secondary N) is 2. The average Bonchev–Trinajstić information content (AvgIpc) is 2.75. The van der Waals surface area contributed by atoms with E-state index in [1.807, 2.05) is 42.3 Å². The molecule has 0 saturated heterocycles. The van der Waals surface area contributed by atoms with Crippen LogP contribution in [0.5, 0.6) is 0 Å². The zero-order valence-corrected chi connectivity index (χ0v) is 18.5. The summed E-state index contributed by atoms with van der Waals surface area (Å²) in [4.78, 5) is 22.1. The molecular weight excluding hydrogens is 396 g/mol. The van der Waals surface area contributed by atoms with Gasteiger partial charge in [0, 0.05) is 50.1 Å². The molecule has 0 amide bonds. The zero-order valence-electron chi connectivity index (χ0n) is 17.7. The molecule has 3 aromatic rings. The number of ether oxygens (including phenoxy) is 1. The number of aromatic nitrogens is 2. The molecule has 0 aliphatic rings. The highest BCUT2D eigenvalue weighted by Gasteiger charge is 2.15. The van der Waals surface area contributed by atoms with Crippen molar-refractivity contribution in [3.63, 3.8) is 0 Å². The summed E-state index contributed by atoms with van der Waals surface area (Å²) >= 11 is 5.65. The van der Waals surface area contributed by atoms with E-state index >= 15 is 0 Å². The predicted octanol–water partition coefficient (Wildman–Crippen LogP) is 3.45. The number of H-pyrrole nitrogens is 1. The molecule has 3 rings (SSSR count). The average molecular weight is 425 g/mol. The van der Waals surface area contributed by atoms with Gasteiger partial charge in [0.1, 0.15) is 0 Å². The Morgan fingerprint density at radius 1 is 1.23 bits per heavy atom. The minimum atomic E-state index is -0.0884. The van der Waals surface area contributed by atoms with Crippen LogP contribution < -0.4 is 10.9 Å². The molecule has 30 heavy (non-hydrogen) atoms. The lowest BCUT2D eigenvalue weighted by Gasteiger charge is -2.26. The fourth-order valence-electron chi connectivity index (χ4n) is 3.38. The van der Waals surface area contributed by atoms with Crippen LogP contribution in [0, 0.1) is 13.8 Å². The van der Waals surface area contributed by atoms with Gasteiger partial charge in [-0.2, -0.15) is 0 Å². The molecule has 2 N–H and O–H groups in total. The summed E-state index contributed by atoms with van der Waals surface area (Å²) in [6.45, 7) is 6.41. The number of aryl methyl sites for hydroxylation is 2. The third-order valence-electron chi connectivity index (χ3n) is 5.07. The second-order valence-electron chi connectivity index (χ2n) is 7.41. The molecular formula is C23H28N4O2S. The highest BCUT2D eigenvalue weighted by molar-refractivity contribution is 7.80. The van der Waals surface area contributed by atoms with E-state index in [9.17, 15) is 4.79 Å². The van der Waals surface area contributed by atoms with Crippen LogP contribution in [0.3, 0.4) is 0 Å². The van der Waals surface area contributed by atoms with Gasteiger partial charge in [0.25, 0.3) is 5.56 Å². The smallest absolute Gasteiger partial charge is 0.253 e. The molecule has 7 heteroatoms. The first-order valence-electron chi connectivity index (χ1n) is 10.0. The highest BCUT2D eigenvalue weighted by Crippen LogP contribution is 2.20. The molecule has 0 atom stereocenters. The van der Waals surface area contributed by atoms with Crippen LogP contribution in [0.15, 0.2) is 47.5 Å². The number of aromatic amines is 1. The number of fused-ring (bicyclic) bond motifs is 1. The van der Waals surface area contributed by atoms with Crippen molar-refractivity contribution in [1.29, 1.82) is 0 Å². The van der Waals surface area contributed by atoms with Crippen molar-refractivity contribution in [3.8, 4) is 0 Å². The van der Waals surface area contributed by atoms with E-state index < -0.39 is 0 Å². The maximum atomic E-state index is 12.8. The van der Waals surface area contributed by atoms with Crippen molar-refractivity contribution in [1.82, 2.24) is 20.2 Å². The summed E-state index contributed by atoms with van der Waals surface area (Å²) in [5.41, 5.74) is 4.70. The molecule has 2 heterocycles. The van der Waals surface area contributed by atoms with Gasteiger partial charge < -0.3 is 19.9 Å². The number of benzene rings is 1. The molecule has 0 spiro atoms. The van der Waals surface area contributed by atoms with Gasteiger partial charge >= 0.3 is 0 Å². The zero-order chi connectivity index (χ0) is 21.5. The van der Waals surface area contributed by atoms with Gasteiger partial charge in [-0.05, 0) is 61.3 Å². The van der Waals surface area contributed by atoms with Crippen LogP contribution in [0.4, 0.5) is 0 Å². The Kier molecular flexibility index (Phi) is 7.54. The van der Waals surface area contributed by atoms with E-state index in [4.69, 9.17) is 17.0 Å². The van der Waals surface area contributed by atoms with Crippen LogP contribution in [0.2, 0.25) is 0 Å². The number of nitrogens with zero attached hydrogens (tertiary/aromatic N) is 2. The Morgan fingerprint density at radius 2 is 2.03 bits per heavy atom. The van der Waals surface area contributed by atoms with Gasteiger partial charge in [0.15, 0.2) is 5.11 Å². The van der Waals surface area contributed by atoms with Crippen LogP contribution >= 0.6 is 12.2 Å². The Morgan fingerprint density at radius 3 is 2.77 bits per heavy atom. The molecule has 158 valence electrons. The predicted molar refractivity (Wildman–Crippen MR) is 125 cm³/mol. The topological polar surface area (TPSA) is 70.2 Å². The molecule has 1 aromatic carbocycles. The molecule has 0 aliphatic heterocycles. The molecule has 0 bridgehead atoms. The maximum absolute atomic E-state index is 12.8. The standard InChI is InChI=1S/C23H28N4O2S/c1-16-7-8-17(2)21-20(16)12-19(22(28)26-21)15-27(14-18-6-4-9-24-13-18)23(30)25-10-5-11-29-3/h4,6-9,12-13H,5,10-11,14-15H2,1-3H3,(H,25,30)(H,26,28). The first-order chi connectivity index (χ1) is 14.5. The third kappa shape index (κ3) is 5.43. The molecule has 0 unspecified atom stereocenters. The van der Waals surface area contributed by atoms with E-state index in [1.54, 1.807) is 13.3 Å². The maximum Gasteiger partial charge on any atom is 0.253 e. The second-order valence-corrected chi connectivity index (χ2v) is 7.79. The summed E-state index contributed by atoms with van der Waals surface area (Å²) in [6.07, 6.45) is 4.42. The highest BCUT2D eigenvalue weighted by atomic mass is 32.1. The minimum absolute atomic E-state index is 0.0884. The van der Waals surface area contributed by atoms with Crippen molar-refractivity contribution < 1.29 is 4.74 Å². The summed E-state index contributed by atoms with van der Waals surface area (Å²) in [5.74, 6) is 0. The lowest BCUT2D eigenvalue weighted by molar-refractivity contribution is 0.195. The summed E-state index contributed by atoms with van der Waals surface area (Å²) in [7, 11) is 1.68. The number of methoxy groups -OCH3 is 1. The number of hydrogen-bond acceptors (Lipinski definition) is 4. The monoisotopic (exact) mass is 424 g/mol. The number of hydrogen-bond donors (Lipinski definition) is 2. The van der Waals surface area contributed by atoms with Gasteiger partial charge in [0.2, 0.25) is 0 Å². The van der Waals surface area contributed by atoms with Gasteiger partial charge in [-0.15, -0.1) is 0 Å². The van der Waals surface area contributed by atoms with Gasteiger partial charge in [-0.1, -0.05) is 18.2 Å². The van der Waals surface area contributed by atoms with E-state index in [1.165, 1.54) is 0 Å². The number of pyridine rings is 2. The van der Waals surface area contributed by atoms with Crippen LogP contribution in [-0.4, -0.2) is 40.2 Å². The summed E-state index contributed by atoms with van der Waals surface area (Å²) in [5, 5.41) is 4.95. The summed E-state index contributed by atoms with van der Waals surface area (Å²) in [6, 6.07) is 10.00. The fraction of sp³-hybridized carbons (Fsp3) is 0.348. The molecule has 0 saturated carbocycles. The number of thiocarbonyl (C=S) groups is 1. The van der Waals surface area contributed by atoms with Gasteiger partial charge in [0.05, 0.1) is 12.1 Å². The minimum Gasteiger partial charge on any atom is -0.385 e. The normalized spacial score (nSPS) is 10.9. The lowest BCUT2D eigenvalue weighted by Crippen LogP contribution is -2.40. The Bertz CT molecular complexity index is 1070. The number of rotatable bonds is 8. The molecule has 6 nitrogen and oxygen atoms in total. The Balaban J connectivity index is 1.88. The van der Waals surface area contributed by atoms with Crippen molar-refractivity contribution in [2.24, 2.45) is 0 Å². The molecule has 0 aliphatic carbocycles. The molecule has 2 aromatic heterocycles. The van der Waals surface area contributed by atoms with Crippen molar-refractivity contribution in [2.45, 2.75) is 33.4 Å². The van der Waals surface area contributed by atoms with Crippen molar-refractivity contribution in [2.75, 3.05) is 20.3 Å². The quantitative estimate of drug-likeness (QED) is 0.426. The van der Waals surface area contributed by atoms with E-state index in [2.05, 4.69) is 28.3 Å². The Hall–Kier alpha value is -2.77. The molecule has 0 fully saturated rings. The first-order valence-corrected chi connectivity index (χ1v) is 10.4. The second kappa shape index (κ2) is 10.3. The van der Waals surface area contributed by atoms with E-state index in [0.717, 1.165) is 34.0 Å². The van der Waals surface area contributed by atoms with Crippen LogP contribution in [0.25, 0.3) is 10.9 Å². The third-order valence-corrected chi connectivity index (χ3v) is 5.47. The molecule has 0 radical (unpaired) electrons. The summed E-state index contributed by atoms with van der Waals surface area (Å²) < 4.78 is 5.10. The van der Waals surface area contributed by atoms with Crippen molar-refractivity contribution >= 4 is 28.2 Å². The van der Waals surface area contributed by atoms with E-state index in [0.29, 0.717) is 36.9 Å². The van der Waals surface area contributed by atoms with E-state index in [-0.39, 0.29) is 5.56 Å². The first kappa shape index (κ1) is 21.9. The van der Waals surface area contributed by atoms with Crippen LogP contribution in [0.1, 0.15) is 28.7 Å². The van der Waals surface area contributed by atoms with Gasteiger partial charge in [-0.3, -0.25) is 9.78 Å². The Labute approximate surface area is 182 Å². The largest absolute Gasteiger partial charge is 0.385 e. The SMILES string of the molecule is COCCCNC(=S)N(Cc1cccnc1)Cc1cc2c(C)ccc(C)c2[nH]c1=O. The van der Waals surface area contributed by atoms with Crippen molar-refractivity contribution in [3.05, 3.63) is 75.3 Å². The lowest BCUT2D eigenvalue weighted by atomic mass is 10.0.